The summed E-state index contributed by atoms with van der Waals surface area (Å²) >= 11 is 0. The smallest absolute Gasteiger partial charge is 0.121 e. The van der Waals surface area contributed by atoms with Crippen molar-refractivity contribution in [3.05, 3.63) is 78.5 Å². The normalized spacial score (nSPS) is 11.0. The van der Waals surface area contributed by atoms with Crippen LogP contribution in [0.25, 0.3) is 0 Å². The van der Waals surface area contributed by atoms with Crippen LogP contribution in [0.15, 0.2) is 73.0 Å². The van der Waals surface area contributed by atoms with Gasteiger partial charge in [-0.05, 0) is 43.0 Å². The Hall–Kier alpha value is -3.21. The lowest BCUT2D eigenvalue weighted by Crippen LogP contribution is -2.00. The molecule has 25 heavy (non-hydrogen) atoms. The van der Waals surface area contributed by atoms with Gasteiger partial charge < -0.3 is 26.4 Å². The highest BCUT2D eigenvalue weighted by molar-refractivity contribution is 6.06. The molecule has 5 N–H and O–H groups in total. The molecule has 5 nitrogen and oxygen atoms in total. The molecule has 0 aliphatic heterocycles. The third-order valence-corrected chi connectivity index (χ3v) is 3.33. The van der Waals surface area contributed by atoms with Crippen LogP contribution in [0.1, 0.15) is 12.0 Å². The molecule has 2 rings (SSSR count). The molecule has 2 aromatic carbocycles. The topological polar surface area (TPSA) is 94.4 Å². The molecule has 5 heteroatoms. The fourth-order valence-electron chi connectivity index (χ4n) is 2.13. The van der Waals surface area contributed by atoms with Crippen molar-refractivity contribution < 1.29 is 9.47 Å². The van der Waals surface area contributed by atoms with Gasteiger partial charge in [-0.1, -0.05) is 30.4 Å². The lowest BCUT2D eigenvalue weighted by Gasteiger charge is -2.06. The van der Waals surface area contributed by atoms with Crippen molar-refractivity contribution in [3.8, 4) is 11.5 Å². The number of anilines is 1. The van der Waals surface area contributed by atoms with E-state index in [1.54, 1.807) is 12.1 Å². The highest BCUT2D eigenvalue weighted by Gasteiger charge is 2.00. The van der Waals surface area contributed by atoms with Crippen LogP contribution in [-0.4, -0.2) is 18.9 Å². The van der Waals surface area contributed by atoms with Gasteiger partial charge in [-0.15, -0.1) is 0 Å². The second kappa shape index (κ2) is 9.82. The van der Waals surface area contributed by atoms with Gasteiger partial charge >= 0.3 is 0 Å². The van der Waals surface area contributed by atoms with Gasteiger partial charge in [0.25, 0.3) is 0 Å². The molecule has 2 aromatic rings. The van der Waals surface area contributed by atoms with Gasteiger partial charge in [-0.3, -0.25) is 0 Å². The largest absolute Gasteiger partial charge is 0.493 e. The Kier molecular flexibility index (Phi) is 7.13. The van der Waals surface area contributed by atoms with Gasteiger partial charge in [0.2, 0.25) is 0 Å². The number of ether oxygens (including phenoxy) is 2. The maximum Gasteiger partial charge on any atom is 0.121 e. The third-order valence-electron chi connectivity index (χ3n) is 3.33. The number of nitrogens with one attached hydrogen (secondary N) is 1. The van der Waals surface area contributed by atoms with E-state index in [1.807, 2.05) is 54.6 Å². The van der Waals surface area contributed by atoms with Crippen LogP contribution in [0.3, 0.4) is 0 Å². The van der Waals surface area contributed by atoms with E-state index in [9.17, 15) is 0 Å². The van der Waals surface area contributed by atoms with E-state index in [2.05, 4.69) is 0 Å². The summed E-state index contributed by atoms with van der Waals surface area (Å²) in [6, 6.07) is 14.8. The summed E-state index contributed by atoms with van der Waals surface area (Å²) in [6.07, 6.45) is 7.62. The number of nitrogens with two attached hydrogens (primary N) is 2. The highest BCUT2D eigenvalue weighted by Crippen LogP contribution is 2.15. The maximum atomic E-state index is 7.84. The van der Waals surface area contributed by atoms with Crippen LogP contribution in [0, 0.1) is 5.41 Å². The molecule has 0 aliphatic carbocycles. The zero-order chi connectivity index (χ0) is 17.9. The van der Waals surface area contributed by atoms with E-state index >= 15 is 0 Å². The highest BCUT2D eigenvalue weighted by atomic mass is 16.5. The summed E-state index contributed by atoms with van der Waals surface area (Å²) in [7, 11) is 0. The molecule has 0 atom stereocenters. The van der Waals surface area contributed by atoms with Gasteiger partial charge in [0.15, 0.2) is 0 Å². The molecular weight excluding hydrogens is 314 g/mol. The lowest BCUT2D eigenvalue weighted by molar-refractivity contribution is 0.323. The number of allylic oxidation sites excluding steroid dienone is 1. The third kappa shape index (κ3) is 6.43. The molecule has 130 valence electrons. The van der Waals surface area contributed by atoms with Crippen molar-refractivity contribution in [2.75, 3.05) is 18.9 Å². The Morgan fingerprint density at radius 1 is 1.00 bits per heavy atom. The Balaban J connectivity index is 1.70. The molecule has 0 aliphatic rings. The van der Waals surface area contributed by atoms with Crippen LogP contribution in [0.5, 0.6) is 11.5 Å². The fourth-order valence-corrected chi connectivity index (χ4v) is 2.13. The maximum absolute atomic E-state index is 7.84. The van der Waals surface area contributed by atoms with Gasteiger partial charge in [0.05, 0.1) is 12.3 Å². The van der Waals surface area contributed by atoms with E-state index in [4.69, 9.17) is 26.4 Å². The minimum absolute atomic E-state index is 0.353. The molecular formula is C20H23N3O2. The Morgan fingerprint density at radius 3 is 2.52 bits per heavy atom. The van der Waals surface area contributed by atoms with Crippen LogP contribution in [0.4, 0.5) is 5.69 Å². The van der Waals surface area contributed by atoms with Crippen molar-refractivity contribution in [2.24, 2.45) is 5.73 Å². The van der Waals surface area contributed by atoms with Crippen LogP contribution in [-0.2, 0) is 0 Å². The minimum atomic E-state index is 0.353. The first-order valence-corrected chi connectivity index (χ1v) is 8.02. The number of hydrogen-bond donors (Lipinski definition) is 3. The van der Waals surface area contributed by atoms with E-state index in [1.165, 1.54) is 6.20 Å². The molecule has 0 bridgehead atoms. The summed E-state index contributed by atoms with van der Waals surface area (Å²) in [5, 5.41) is 7.84. The summed E-state index contributed by atoms with van der Waals surface area (Å²) < 4.78 is 11.3. The van der Waals surface area contributed by atoms with Gasteiger partial charge in [0, 0.05) is 17.3 Å². The average Bonchev–Trinajstić information content (AvgIpc) is 2.61. The quantitative estimate of drug-likeness (QED) is 0.282. The van der Waals surface area contributed by atoms with Crippen molar-refractivity contribution in [1.29, 1.82) is 5.41 Å². The zero-order valence-corrected chi connectivity index (χ0v) is 14.0. The Morgan fingerprint density at radius 2 is 1.76 bits per heavy atom. The van der Waals surface area contributed by atoms with E-state index in [0.29, 0.717) is 24.6 Å². The van der Waals surface area contributed by atoms with Gasteiger partial charge in [-0.25, -0.2) is 0 Å². The standard InChI is InChI=1S/C20H23N3O2/c21-11-10-20(23)16-6-4-8-18(14-16)24-12-2-1-3-13-25-19-9-5-7-17(22)15-19/h1,3-11,14-15,23H,2,12-13,21-22H2/b3-1+,11-10-,23-20?. The molecule has 0 amide bonds. The Labute approximate surface area is 148 Å². The molecule has 0 fully saturated rings. The monoisotopic (exact) mass is 337 g/mol. The molecule has 0 unspecified atom stereocenters. The molecule has 0 spiro atoms. The second-order valence-electron chi connectivity index (χ2n) is 5.29. The van der Waals surface area contributed by atoms with E-state index in [0.717, 1.165) is 23.5 Å². The molecule has 0 heterocycles. The van der Waals surface area contributed by atoms with Crippen molar-refractivity contribution in [2.45, 2.75) is 6.42 Å². The van der Waals surface area contributed by atoms with Gasteiger partial charge in [0.1, 0.15) is 18.1 Å². The SMILES string of the molecule is N=C(/C=C\N)c1cccc(OCC/C=C/COc2cccc(N)c2)c1. The number of nitrogen functional groups attached to an aromatic ring is 1. The minimum Gasteiger partial charge on any atom is -0.493 e. The Bertz CT molecular complexity index is 754. The van der Waals surface area contributed by atoms with Crippen molar-refractivity contribution >= 4 is 11.4 Å². The predicted molar refractivity (Wildman–Crippen MR) is 102 cm³/mol. The van der Waals surface area contributed by atoms with Crippen LogP contribution in [0.2, 0.25) is 0 Å². The van der Waals surface area contributed by atoms with Crippen LogP contribution >= 0.6 is 0 Å². The molecule has 0 saturated carbocycles. The fraction of sp³-hybridized carbons (Fsp3) is 0.150. The molecule has 0 saturated heterocycles. The number of hydrogen-bond acceptors (Lipinski definition) is 5. The second-order valence-corrected chi connectivity index (χ2v) is 5.29. The first-order chi connectivity index (χ1) is 12.2. The number of benzene rings is 2. The summed E-state index contributed by atoms with van der Waals surface area (Å²) in [6.45, 7) is 1.04. The summed E-state index contributed by atoms with van der Waals surface area (Å²) in [4.78, 5) is 0. The molecule has 0 radical (unpaired) electrons. The zero-order valence-electron chi connectivity index (χ0n) is 14.0. The predicted octanol–water partition coefficient (Wildman–Crippen LogP) is 3.51. The van der Waals surface area contributed by atoms with E-state index < -0.39 is 0 Å². The summed E-state index contributed by atoms with van der Waals surface area (Å²) in [5.41, 5.74) is 12.8. The van der Waals surface area contributed by atoms with Crippen LogP contribution < -0.4 is 20.9 Å². The molecule has 0 aromatic heterocycles. The lowest BCUT2D eigenvalue weighted by atomic mass is 10.1. The average molecular weight is 337 g/mol. The first-order valence-electron chi connectivity index (χ1n) is 8.02. The van der Waals surface area contributed by atoms with E-state index in [-0.39, 0.29) is 0 Å². The first kappa shape index (κ1) is 18.1. The number of rotatable bonds is 9. The van der Waals surface area contributed by atoms with Crippen molar-refractivity contribution in [1.82, 2.24) is 0 Å². The summed E-state index contributed by atoms with van der Waals surface area (Å²) in [5.74, 6) is 1.49. The van der Waals surface area contributed by atoms with Gasteiger partial charge in [-0.2, -0.15) is 0 Å². The van der Waals surface area contributed by atoms with Crippen molar-refractivity contribution in [3.63, 3.8) is 0 Å².